The van der Waals surface area contributed by atoms with Crippen LogP contribution in [0.2, 0.25) is 0 Å². The van der Waals surface area contributed by atoms with Crippen LogP contribution >= 0.6 is 0 Å². The van der Waals surface area contributed by atoms with Crippen LogP contribution in [-0.4, -0.2) is 9.85 Å². The number of hydrogen-bond acceptors (Lipinski definition) is 4. The van der Waals surface area contributed by atoms with Gasteiger partial charge < -0.3 is 0 Å². The zero-order chi connectivity index (χ0) is 13.8. The minimum atomic E-state index is -0.624. The molecule has 0 atom stereocenters. The van der Waals surface area contributed by atoms with Gasteiger partial charge in [-0.1, -0.05) is 30.3 Å². The lowest BCUT2D eigenvalue weighted by atomic mass is 10.0. The number of non-ortho nitro benzene ring substituents is 2. The van der Waals surface area contributed by atoms with Crippen molar-refractivity contribution in [2.75, 3.05) is 0 Å². The normalized spacial score (nSPS) is 10.1. The third-order valence-electron chi connectivity index (χ3n) is 2.64. The van der Waals surface area contributed by atoms with E-state index in [0.29, 0.717) is 12.0 Å². The molecule has 0 saturated carbocycles. The Balaban J connectivity index is 2.39. The van der Waals surface area contributed by atoms with Crippen LogP contribution in [0.15, 0.2) is 48.5 Å². The van der Waals surface area contributed by atoms with E-state index < -0.39 is 9.85 Å². The van der Waals surface area contributed by atoms with Crippen molar-refractivity contribution in [3.05, 3.63) is 79.9 Å². The Morgan fingerprint density at radius 3 is 1.79 bits per heavy atom. The van der Waals surface area contributed by atoms with Crippen molar-refractivity contribution in [1.82, 2.24) is 0 Å². The predicted molar refractivity (Wildman–Crippen MR) is 69.0 cm³/mol. The summed E-state index contributed by atoms with van der Waals surface area (Å²) >= 11 is 0. The summed E-state index contributed by atoms with van der Waals surface area (Å²) in [6, 6.07) is 13.0. The molecule has 6 heteroatoms. The van der Waals surface area contributed by atoms with Crippen LogP contribution in [0.5, 0.6) is 0 Å². The molecule has 0 fully saturated rings. The number of rotatable bonds is 4. The van der Waals surface area contributed by atoms with E-state index in [9.17, 15) is 20.2 Å². The van der Waals surface area contributed by atoms with Gasteiger partial charge in [-0.2, -0.15) is 0 Å². The molecule has 2 rings (SSSR count). The van der Waals surface area contributed by atoms with E-state index in [4.69, 9.17) is 0 Å². The van der Waals surface area contributed by atoms with Gasteiger partial charge in [-0.15, -0.1) is 0 Å². The first kappa shape index (κ1) is 12.7. The number of nitrogens with zero attached hydrogens (tertiary/aromatic N) is 2. The third-order valence-corrected chi connectivity index (χ3v) is 2.64. The fraction of sp³-hybridized carbons (Fsp3) is 0.0769. The van der Waals surface area contributed by atoms with Crippen molar-refractivity contribution >= 4 is 11.4 Å². The average molecular weight is 258 g/mol. The molecule has 0 aliphatic carbocycles. The third kappa shape index (κ3) is 3.12. The summed E-state index contributed by atoms with van der Waals surface area (Å²) in [5.74, 6) is 0. The standard InChI is InChI=1S/C13H10N2O4/c16-14(17)12-7-11(8-13(9-12)15(18)19)6-10-4-2-1-3-5-10/h1-5,7-9H,6H2. The average Bonchev–Trinajstić information content (AvgIpc) is 2.39. The first-order valence-corrected chi connectivity index (χ1v) is 5.53. The maximum atomic E-state index is 10.8. The molecular weight excluding hydrogens is 248 g/mol. The van der Waals surface area contributed by atoms with Crippen molar-refractivity contribution in [2.24, 2.45) is 0 Å². The fourth-order valence-electron chi connectivity index (χ4n) is 1.80. The van der Waals surface area contributed by atoms with Crippen LogP contribution in [-0.2, 0) is 6.42 Å². The molecule has 2 aromatic carbocycles. The highest BCUT2D eigenvalue weighted by molar-refractivity contribution is 5.47. The minimum absolute atomic E-state index is 0.264. The minimum Gasteiger partial charge on any atom is -0.258 e. The van der Waals surface area contributed by atoms with Gasteiger partial charge in [-0.3, -0.25) is 20.2 Å². The highest BCUT2D eigenvalue weighted by Gasteiger charge is 2.16. The van der Waals surface area contributed by atoms with Gasteiger partial charge in [0.1, 0.15) is 0 Å². The second-order valence-corrected chi connectivity index (χ2v) is 4.03. The van der Waals surface area contributed by atoms with Crippen molar-refractivity contribution in [3.63, 3.8) is 0 Å². The second kappa shape index (κ2) is 5.26. The Labute approximate surface area is 108 Å². The van der Waals surface area contributed by atoms with Crippen LogP contribution in [0, 0.1) is 20.2 Å². The molecule has 0 heterocycles. The molecule has 6 nitrogen and oxygen atoms in total. The summed E-state index contributed by atoms with van der Waals surface area (Å²) in [7, 11) is 0. The molecule has 0 unspecified atom stereocenters. The number of nitro benzene ring substituents is 2. The van der Waals surface area contributed by atoms with E-state index in [1.165, 1.54) is 12.1 Å². The van der Waals surface area contributed by atoms with Crippen LogP contribution in [0.3, 0.4) is 0 Å². The second-order valence-electron chi connectivity index (χ2n) is 4.03. The first-order valence-electron chi connectivity index (χ1n) is 5.53. The Bertz CT molecular complexity index is 594. The molecule has 0 saturated heterocycles. The van der Waals surface area contributed by atoms with Crippen LogP contribution < -0.4 is 0 Å². The number of benzene rings is 2. The van der Waals surface area contributed by atoms with Gasteiger partial charge in [0.15, 0.2) is 0 Å². The van der Waals surface area contributed by atoms with Gasteiger partial charge in [-0.05, 0) is 17.5 Å². The lowest BCUT2D eigenvalue weighted by Gasteiger charge is -2.02. The Morgan fingerprint density at radius 2 is 1.32 bits per heavy atom. The van der Waals surface area contributed by atoms with Crippen LogP contribution in [0.1, 0.15) is 11.1 Å². The number of hydrogen-bond donors (Lipinski definition) is 0. The van der Waals surface area contributed by atoms with E-state index in [0.717, 1.165) is 11.6 Å². The van der Waals surface area contributed by atoms with Crippen LogP contribution in [0.4, 0.5) is 11.4 Å². The van der Waals surface area contributed by atoms with Gasteiger partial charge in [0.2, 0.25) is 0 Å². The van der Waals surface area contributed by atoms with Gasteiger partial charge in [-0.25, -0.2) is 0 Å². The summed E-state index contributed by atoms with van der Waals surface area (Å²) in [5, 5.41) is 21.5. The zero-order valence-electron chi connectivity index (χ0n) is 9.85. The Morgan fingerprint density at radius 1 is 0.789 bits per heavy atom. The van der Waals surface area contributed by atoms with Gasteiger partial charge in [0.25, 0.3) is 11.4 Å². The monoisotopic (exact) mass is 258 g/mol. The Kier molecular flexibility index (Phi) is 3.51. The topological polar surface area (TPSA) is 86.3 Å². The highest BCUT2D eigenvalue weighted by Crippen LogP contribution is 2.24. The maximum Gasteiger partial charge on any atom is 0.276 e. The van der Waals surface area contributed by atoms with Crippen LogP contribution in [0.25, 0.3) is 0 Å². The molecule has 0 amide bonds. The molecule has 0 bridgehead atoms. The van der Waals surface area contributed by atoms with Crippen molar-refractivity contribution in [3.8, 4) is 0 Å². The zero-order valence-corrected chi connectivity index (χ0v) is 9.85. The van der Waals surface area contributed by atoms with Crippen molar-refractivity contribution < 1.29 is 9.85 Å². The van der Waals surface area contributed by atoms with Crippen molar-refractivity contribution in [1.29, 1.82) is 0 Å². The fourth-order valence-corrected chi connectivity index (χ4v) is 1.80. The molecule has 0 aromatic heterocycles. The van der Waals surface area contributed by atoms with E-state index >= 15 is 0 Å². The summed E-state index contributed by atoms with van der Waals surface area (Å²) in [5.41, 5.74) is 0.963. The molecule has 0 N–H and O–H groups in total. The Hall–Kier alpha value is -2.76. The van der Waals surface area contributed by atoms with E-state index in [-0.39, 0.29) is 11.4 Å². The van der Waals surface area contributed by atoms with Gasteiger partial charge in [0.05, 0.1) is 15.9 Å². The van der Waals surface area contributed by atoms with E-state index in [1.54, 1.807) is 0 Å². The van der Waals surface area contributed by atoms with Crippen molar-refractivity contribution in [2.45, 2.75) is 6.42 Å². The highest BCUT2D eigenvalue weighted by atomic mass is 16.6. The molecule has 0 aliphatic heterocycles. The SMILES string of the molecule is O=[N+]([O-])c1cc(Cc2ccccc2)cc([N+](=O)[O-])c1. The predicted octanol–water partition coefficient (Wildman–Crippen LogP) is 3.09. The van der Waals surface area contributed by atoms with E-state index in [1.807, 2.05) is 30.3 Å². The molecule has 19 heavy (non-hydrogen) atoms. The molecular formula is C13H10N2O4. The summed E-state index contributed by atoms with van der Waals surface area (Å²) in [4.78, 5) is 20.3. The van der Waals surface area contributed by atoms with Gasteiger partial charge >= 0.3 is 0 Å². The number of nitro groups is 2. The maximum absolute atomic E-state index is 10.8. The first-order chi connectivity index (χ1) is 9.06. The summed E-state index contributed by atoms with van der Waals surface area (Å²) < 4.78 is 0. The molecule has 0 radical (unpaired) electrons. The lowest BCUT2D eigenvalue weighted by Crippen LogP contribution is -1.96. The lowest BCUT2D eigenvalue weighted by molar-refractivity contribution is -0.394. The largest absolute Gasteiger partial charge is 0.276 e. The molecule has 0 aliphatic rings. The summed E-state index contributed by atoms with van der Waals surface area (Å²) in [6.45, 7) is 0. The van der Waals surface area contributed by atoms with Gasteiger partial charge in [0, 0.05) is 12.1 Å². The molecule has 2 aromatic rings. The van der Waals surface area contributed by atoms with E-state index in [2.05, 4.69) is 0 Å². The smallest absolute Gasteiger partial charge is 0.258 e. The quantitative estimate of drug-likeness (QED) is 0.622. The molecule has 96 valence electrons. The molecule has 0 spiro atoms. The summed E-state index contributed by atoms with van der Waals surface area (Å²) in [6.07, 6.45) is 0.420.